The van der Waals surface area contributed by atoms with Crippen molar-refractivity contribution in [1.29, 1.82) is 0 Å². The number of rotatable bonds is 7. The van der Waals surface area contributed by atoms with Gasteiger partial charge in [0, 0.05) is 26.0 Å². The molecule has 0 aliphatic rings. The summed E-state index contributed by atoms with van der Waals surface area (Å²) in [5.74, 6) is -0.926. The number of methoxy groups -OCH3 is 1. The van der Waals surface area contributed by atoms with Crippen molar-refractivity contribution in [3.8, 4) is 0 Å². The minimum absolute atomic E-state index is 0.0776. The summed E-state index contributed by atoms with van der Waals surface area (Å²) in [6.07, 6.45) is 1.36. The Bertz CT molecular complexity index is 475. The van der Waals surface area contributed by atoms with Crippen LogP contribution >= 0.6 is 0 Å². The molecule has 1 aromatic heterocycles. The van der Waals surface area contributed by atoms with E-state index in [0.29, 0.717) is 0 Å². The van der Waals surface area contributed by atoms with Crippen LogP contribution in [0.3, 0.4) is 0 Å². The van der Waals surface area contributed by atoms with Crippen LogP contribution in [0.1, 0.15) is 6.42 Å². The van der Waals surface area contributed by atoms with E-state index in [-0.39, 0.29) is 19.6 Å². The van der Waals surface area contributed by atoms with Gasteiger partial charge in [-0.2, -0.15) is 0 Å². The number of aromatic nitrogens is 1. The van der Waals surface area contributed by atoms with Gasteiger partial charge in [-0.3, -0.25) is 0 Å². The number of sulfonamides is 1. The van der Waals surface area contributed by atoms with Gasteiger partial charge in [-0.25, -0.2) is 22.5 Å². The molecule has 18 heavy (non-hydrogen) atoms. The van der Waals surface area contributed by atoms with Gasteiger partial charge in [0.2, 0.25) is 5.03 Å². The molecule has 102 valence electrons. The fraction of sp³-hybridized carbons (Fsp3) is 0.500. The first kappa shape index (κ1) is 15.0. The van der Waals surface area contributed by atoms with Gasteiger partial charge in [0.15, 0.2) is 5.82 Å². The van der Waals surface area contributed by atoms with Gasteiger partial charge in [0.05, 0.1) is 6.61 Å². The summed E-state index contributed by atoms with van der Waals surface area (Å²) in [6, 6.07) is 1.68. The third-order valence-electron chi connectivity index (χ3n) is 2.15. The van der Waals surface area contributed by atoms with Crippen molar-refractivity contribution >= 4 is 10.0 Å². The molecule has 2 N–H and O–H groups in total. The largest absolute Gasteiger partial charge is 0.396 e. The zero-order valence-corrected chi connectivity index (χ0v) is 10.7. The van der Waals surface area contributed by atoms with Crippen molar-refractivity contribution in [3.63, 3.8) is 0 Å². The van der Waals surface area contributed by atoms with E-state index < -0.39 is 26.9 Å². The Labute approximate surface area is 105 Å². The van der Waals surface area contributed by atoms with Gasteiger partial charge in [-0.1, -0.05) is 0 Å². The third kappa shape index (κ3) is 3.98. The number of aliphatic hydroxyl groups excluding tert-OH is 1. The minimum Gasteiger partial charge on any atom is -0.396 e. The van der Waals surface area contributed by atoms with E-state index in [1.165, 1.54) is 19.4 Å². The molecule has 0 amide bonds. The number of pyridine rings is 1. The Kier molecular flexibility index (Phi) is 5.60. The number of nitrogens with one attached hydrogen (secondary N) is 1. The van der Waals surface area contributed by atoms with Crippen molar-refractivity contribution in [2.24, 2.45) is 0 Å². The van der Waals surface area contributed by atoms with Crippen molar-refractivity contribution in [2.45, 2.75) is 17.5 Å². The van der Waals surface area contributed by atoms with Gasteiger partial charge in [-0.15, -0.1) is 0 Å². The van der Waals surface area contributed by atoms with Crippen LogP contribution in [0, 0.1) is 5.82 Å². The molecule has 1 atom stereocenters. The summed E-state index contributed by atoms with van der Waals surface area (Å²) < 4.78 is 44.1. The van der Waals surface area contributed by atoms with E-state index in [0.717, 1.165) is 6.07 Å². The molecule has 0 fully saturated rings. The van der Waals surface area contributed by atoms with Crippen LogP contribution < -0.4 is 4.72 Å². The Morgan fingerprint density at radius 1 is 1.61 bits per heavy atom. The molecule has 0 radical (unpaired) electrons. The molecule has 1 aromatic rings. The summed E-state index contributed by atoms with van der Waals surface area (Å²) in [7, 11) is -2.66. The molecule has 0 saturated carbocycles. The standard InChI is InChI=1S/C10H15FN2O4S/c1-17-7-8(4-6-14)13-18(15,16)10-9(11)3-2-5-12-10/h2-3,5,8,13-14H,4,6-7H2,1H3. The molecule has 6 nitrogen and oxygen atoms in total. The van der Waals surface area contributed by atoms with Crippen LogP contribution in [-0.4, -0.2) is 44.9 Å². The average Bonchev–Trinajstić information content (AvgIpc) is 2.29. The quantitative estimate of drug-likeness (QED) is 0.727. The smallest absolute Gasteiger partial charge is 0.261 e. The van der Waals surface area contributed by atoms with Gasteiger partial charge >= 0.3 is 0 Å². The topological polar surface area (TPSA) is 88.5 Å². The van der Waals surface area contributed by atoms with Crippen LogP contribution in [-0.2, 0) is 14.8 Å². The number of hydrogen-bond donors (Lipinski definition) is 2. The number of ether oxygens (including phenoxy) is 1. The molecule has 1 unspecified atom stereocenters. The van der Waals surface area contributed by atoms with Crippen LogP contribution in [0.4, 0.5) is 4.39 Å². The zero-order chi connectivity index (χ0) is 13.6. The van der Waals surface area contributed by atoms with Crippen LogP contribution in [0.25, 0.3) is 0 Å². The van der Waals surface area contributed by atoms with E-state index >= 15 is 0 Å². The van der Waals surface area contributed by atoms with Crippen LogP contribution in [0.15, 0.2) is 23.4 Å². The van der Waals surface area contributed by atoms with E-state index in [1.54, 1.807) is 0 Å². The molecule has 1 rings (SSSR count). The second kappa shape index (κ2) is 6.74. The third-order valence-corrected chi connectivity index (χ3v) is 3.60. The molecule has 0 aromatic carbocycles. The zero-order valence-electron chi connectivity index (χ0n) is 9.84. The normalized spacial score (nSPS) is 13.5. The summed E-state index contributed by atoms with van der Waals surface area (Å²) >= 11 is 0. The fourth-order valence-electron chi connectivity index (χ4n) is 1.38. The summed E-state index contributed by atoms with van der Waals surface area (Å²) in [4.78, 5) is 3.49. The molecule has 0 aliphatic heterocycles. The molecular weight excluding hydrogens is 263 g/mol. The average molecular weight is 278 g/mol. The van der Waals surface area contributed by atoms with E-state index in [1.807, 2.05) is 0 Å². The highest BCUT2D eigenvalue weighted by Gasteiger charge is 2.24. The van der Waals surface area contributed by atoms with Crippen molar-refractivity contribution in [2.75, 3.05) is 20.3 Å². The molecule has 1 heterocycles. The second-order valence-corrected chi connectivity index (χ2v) is 5.21. The van der Waals surface area contributed by atoms with Crippen molar-refractivity contribution in [1.82, 2.24) is 9.71 Å². The van der Waals surface area contributed by atoms with Gasteiger partial charge < -0.3 is 9.84 Å². The summed E-state index contributed by atoms with van der Waals surface area (Å²) in [5.41, 5.74) is 0. The highest BCUT2D eigenvalue weighted by molar-refractivity contribution is 7.89. The lowest BCUT2D eigenvalue weighted by atomic mass is 10.2. The molecule has 0 bridgehead atoms. The molecule has 8 heteroatoms. The van der Waals surface area contributed by atoms with E-state index in [4.69, 9.17) is 9.84 Å². The molecular formula is C10H15FN2O4S. The van der Waals surface area contributed by atoms with Crippen LogP contribution in [0.5, 0.6) is 0 Å². The van der Waals surface area contributed by atoms with Crippen molar-refractivity contribution in [3.05, 3.63) is 24.1 Å². The maximum Gasteiger partial charge on any atom is 0.261 e. The number of nitrogens with zero attached hydrogens (tertiary/aromatic N) is 1. The SMILES string of the molecule is COCC(CCO)NS(=O)(=O)c1ncccc1F. The summed E-state index contributed by atoms with van der Waals surface area (Å²) in [6.45, 7) is -0.129. The maximum atomic E-state index is 13.3. The van der Waals surface area contributed by atoms with Gasteiger partial charge in [-0.05, 0) is 18.6 Å². The minimum atomic E-state index is -4.06. The highest BCUT2D eigenvalue weighted by Crippen LogP contribution is 2.11. The first-order chi connectivity index (χ1) is 8.51. The number of hydrogen-bond acceptors (Lipinski definition) is 5. The maximum absolute atomic E-state index is 13.3. The highest BCUT2D eigenvalue weighted by atomic mass is 32.2. The lowest BCUT2D eigenvalue weighted by Gasteiger charge is -2.16. The Morgan fingerprint density at radius 2 is 2.33 bits per heavy atom. The lowest BCUT2D eigenvalue weighted by molar-refractivity contribution is 0.158. The van der Waals surface area contributed by atoms with Crippen LogP contribution in [0.2, 0.25) is 0 Å². The fourth-order valence-corrected chi connectivity index (χ4v) is 2.64. The first-order valence-electron chi connectivity index (χ1n) is 5.24. The van der Waals surface area contributed by atoms with E-state index in [2.05, 4.69) is 9.71 Å². The molecule has 0 aliphatic carbocycles. The molecule has 0 spiro atoms. The number of halogens is 1. The van der Waals surface area contributed by atoms with Gasteiger partial charge in [0.1, 0.15) is 0 Å². The predicted molar refractivity (Wildman–Crippen MR) is 61.9 cm³/mol. The van der Waals surface area contributed by atoms with Crippen molar-refractivity contribution < 1.29 is 22.7 Å². The summed E-state index contributed by atoms with van der Waals surface area (Å²) in [5, 5.41) is 8.14. The Balaban J connectivity index is 2.90. The molecule has 0 saturated heterocycles. The Hall–Kier alpha value is -1.09. The number of aliphatic hydroxyl groups is 1. The predicted octanol–water partition coefficient (Wildman–Crippen LogP) is -0.104. The monoisotopic (exact) mass is 278 g/mol. The first-order valence-corrected chi connectivity index (χ1v) is 6.72. The van der Waals surface area contributed by atoms with Gasteiger partial charge in [0.25, 0.3) is 10.0 Å². The van der Waals surface area contributed by atoms with E-state index in [9.17, 15) is 12.8 Å². The second-order valence-electron chi connectivity index (χ2n) is 3.58. The Morgan fingerprint density at radius 3 is 2.89 bits per heavy atom. The lowest BCUT2D eigenvalue weighted by Crippen LogP contribution is -2.39.